The number of likely N-dealkylation sites (tertiary alicyclic amines) is 1. The van der Waals surface area contributed by atoms with Gasteiger partial charge in [0.25, 0.3) is 0 Å². The molecule has 3 amide bonds. The van der Waals surface area contributed by atoms with Gasteiger partial charge >= 0.3 is 12.2 Å². The zero-order chi connectivity index (χ0) is 40.4. The summed E-state index contributed by atoms with van der Waals surface area (Å²) in [5, 5.41) is 3.33. The Morgan fingerprint density at radius 3 is 2.36 bits per heavy atom. The van der Waals surface area contributed by atoms with Gasteiger partial charge in [-0.25, -0.2) is 24.5 Å². The lowest BCUT2D eigenvalue weighted by molar-refractivity contribution is -0.133. The molecule has 4 aliphatic heterocycles. The van der Waals surface area contributed by atoms with E-state index in [2.05, 4.69) is 25.1 Å². The molecule has 2 saturated heterocycles. The Labute approximate surface area is 338 Å². The molecule has 0 radical (unpaired) electrons. The third-order valence-electron chi connectivity index (χ3n) is 11.0. The Morgan fingerprint density at radius 1 is 0.862 bits per heavy atom. The van der Waals surface area contributed by atoms with Crippen LogP contribution in [-0.2, 0) is 40.3 Å². The number of rotatable bonds is 8. The molecule has 15 heteroatoms. The van der Waals surface area contributed by atoms with E-state index >= 15 is 0 Å². The molecule has 2 aromatic heterocycles. The van der Waals surface area contributed by atoms with Crippen LogP contribution in [0, 0.1) is 6.92 Å². The normalized spacial score (nSPS) is 17.1. The summed E-state index contributed by atoms with van der Waals surface area (Å²) in [6.07, 6.45) is 4.09. The van der Waals surface area contributed by atoms with Gasteiger partial charge in [0.2, 0.25) is 17.7 Å². The lowest BCUT2D eigenvalue weighted by Gasteiger charge is -2.47. The van der Waals surface area contributed by atoms with Crippen LogP contribution >= 0.6 is 0 Å². The van der Waals surface area contributed by atoms with Crippen molar-refractivity contribution in [2.24, 2.45) is 0 Å². The number of aromatic nitrogens is 3. The Hall–Kier alpha value is -5.96. The van der Waals surface area contributed by atoms with Crippen molar-refractivity contribution in [1.82, 2.24) is 29.7 Å². The van der Waals surface area contributed by atoms with Crippen LogP contribution in [0.5, 0.6) is 5.88 Å². The maximum absolute atomic E-state index is 13.3. The van der Waals surface area contributed by atoms with E-state index in [1.807, 2.05) is 99.6 Å². The van der Waals surface area contributed by atoms with Crippen LogP contribution in [0.4, 0.5) is 32.6 Å². The molecule has 15 nitrogen and oxygen atoms in total. The highest BCUT2D eigenvalue weighted by Gasteiger charge is 2.38. The van der Waals surface area contributed by atoms with E-state index in [9.17, 15) is 14.4 Å². The van der Waals surface area contributed by atoms with Crippen molar-refractivity contribution in [3.05, 3.63) is 94.9 Å². The Kier molecular flexibility index (Phi) is 11.1. The number of ether oxygens (including phenoxy) is 3. The quantitative estimate of drug-likeness (QED) is 0.246. The number of benzene rings is 2. The van der Waals surface area contributed by atoms with Crippen LogP contribution in [-0.4, -0.2) is 118 Å². The predicted octanol–water partition coefficient (Wildman–Crippen LogP) is 5.33. The minimum absolute atomic E-state index is 0.108. The fourth-order valence-electron chi connectivity index (χ4n) is 7.82. The van der Waals surface area contributed by atoms with Crippen molar-refractivity contribution in [2.75, 3.05) is 74.1 Å². The van der Waals surface area contributed by atoms with E-state index in [0.717, 1.165) is 65.4 Å². The third kappa shape index (κ3) is 8.79. The first-order valence-electron chi connectivity index (χ1n) is 20.0. The van der Waals surface area contributed by atoms with Crippen LogP contribution in [0.3, 0.4) is 0 Å². The summed E-state index contributed by atoms with van der Waals surface area (Å²) in [5.41, 5.74) is 6.56. The molecular formula is C43H51N9O6. The van der Waals surface area contributed by atoms with Crippen LogP contribution in [0.1, 0.15) is 48.7 Å². The third-order valence-corrected chi connectivity index (χ3v) is 11.0. The highest BCUT2D eigenvalue weighted by atomic mass is 16.6. The fourth-order valence-corrected chi connectivity index (χ4v) is 7.82. The molecule has 8 rings (SSSR count). The van der Waals surface area contributed by atoms with Crippen molar-refractivity contribution in [3.8, 4) is 5.88 Å². The summed E-state index contributed by atoms with van der Waals surface area (Å²) in [7, 11) is 0. The molecule has 2 fully saturated rings. The number of nitrogens with one attached hydrogen (secondary N) is 1. The van der Waals surface area contributed by atoms with Gasteiger partial charge in [-0.3, -0.25) is 14.6 Å². The number of hydrogen-bond acceptors (Lipinski definition) is 12. The molecule has 4 aromatic rings. The summed E-state index contributed by atoms with van der Waals surface area (Å²) in [6.45, 7) is 14.1. The molecule has 58 heavy (non-hydrogen) atoms. The second-order valence-corrected chi connectivity index (χ2v) is 16.3. The van der Waals surface area contributed by atoms with Crippen molar-refractivity contribution in [3.63, 3.8) is 0 Å². The van der Waals surface area contributed by atoms with Crippen molar-refractivity contribution in [2.45, 2.75) is 65.3 Å². The van der Waals surface area contributed by atoms with Gasteiger partial charge in [0, 0.05) is 69.3 Å². The zero-order valence-corrected chi connectivity index (χ0v) is 33.6. The van der Waals surface area contributed by atoms with E-state index in [1.165, 1.54) is 0 Å². The Balaban J connectivity index is 0.814. The van der Waals surface area contributed by atoms with Gasteiger partial charge in [-0.2, -0.15) is 0 Å². The van der Waals surface area contributed by atoms with Gasteiger partial charge in [-0.15, -0.1) is 0 Å². The summed E-state index contributed by atoms with van der Waals surface area (Å²) >= 11 is 0. The number of piperazine rings is 1. The maximum atomic E-state index is 13.3. The number of carbonyl (C=O) groups is 3. The molecule has 0 unspecified atom stereocenters. The molecule has 0 bridgehead atoms. The first-order valence-corrected chi connectivity index (χ1v) is 20.0. The van der Waals surface area contributed by atoms with Gasteiger partial charge in [0.15, 0.2) is 0 Å². The van der Waals surface area contributed by atoms with Crippen LogP contribution < -0.4 is 19.9 Å². The number of hydrogen-bond donors (Lipinski definition) is 1. The van der Waals surface area contributed by atoms with E-state index in [4.69, 9.17) is 19.2 Å². The second-order valence-electron chi connectivity index (χ2n) is 16.3. The largest absolute Gasteiger partial charge is 0.474 e. The average Bonchev–Trinajstić information content (AvgIpc) is 3.20. The van der Waals surface area contributed by atoms with Crippen LogP contribution in [0.25, 0.3) is 0 Å². The molecule has 0 saturated carbocycles. The van der Waals surface area contributed by atoms with Gasteiger partial charge in [0.1, 0.15) is 24.5 Å². The van der Waals surface area contributed by atoms with E-state index < -0.39 is 11.7 Å². The fraction of sp³-hybridized carbons (Fsp3) is 0.442. The number of fused-ring (bicyclic) bond motifs is 2. The van der Waals surface area contributed by atoms with Gasteiger partial charge in [-0.05, 0) is 62.9 Å². The van der Waals surface area contributed by atoms with E-state index in [0.29, 0.717) is 75.9 Å². The Bertz CT molecular complexity index is 2130. The zero-order valence-electron chi connectivity index (χ0n) is 33.6. The monoisotopic (exact) mass is 789 g/mol. The molecule has 0 atom stereocenters. The van der Waals surface area contributed by atoms with Crippen LogP contribution in [0.2, 0.25) is 0 Å². The Morgan fingerprint density at radius 2 is 1.62 bits per heavy atom. The number of nitrogens with zero attached hydrogens (tertiary/aromatic N) is 8. The predicted molar refractivity (Wildman–Crippen MR) is 218 cm³/mol. The topological polar surface area (TPSA) is 146 Å². The molecule has 0 spiro atoms. The summed E-state index contributed by atoms with van der Waals surface area (Å²) in [4.78, 5) is 62.8. The van der Waals surface area contributed by atoms with Crippen molar-refractivity contribution in [1.29, 1.82) is 0 Å². The standard InChI is InChI=1S/C43H51N9O6/c1-29-36(24-44-39-38(29)52(20-21-56-39)42(55)58-43(2,3)4)50-15-14-32-23-45-40(47-35(32)27-50)46-33-12-10-30(11-13-33)22-37(53)49-18-16-48(17-19-49)34-25-51(26-34)41(54)57-28-31-8-6-5-7-9-31/h5-13,23-24,34H,14-22,25-28H2,1-4H3,(H,45,46,47). The summed E-state index contributed by atoms with van der Waals surface area (Å²) < 4.78 is 17.0. The molecular weight excluding hydrogens is 739 g/mol. The minimum atomic E-state index is -0.625. The van der Waals surface area contributed by atoms with E-state index in [1.54, 1.807) is 9.80 Å². The van der Waals surface area contributed by atoms with Gasteiger partial charge in [0.05, 0.1) is 37.1 Å². The minimum Gasteiger partial charge on any atom is -0.474 e. The van der Waals surface area contributed by atoms with E-state index in [-0.39, 0.29) is 18.6 Å². The molecule has 4 aliphatic rings. The number of anilines is 4. The van der Waals surface area contributed by atoms with Gasteiger partial charge in [-0.1, -0.05) is 42.5 Å². The highest BCUT2D eigenvalue weighted by Crippen LogP contribution is 2.40. The first-order chi connectivity index (χ1) is 28.0. The second kappa shape index (κ2) is 16.5. The molecule has 6 heterocycles. The van der Waals surface area contributed by atoms with Crippen molar-refractivity contribution < 1.29 is 28.6 Å². The molecule has 2 aromatic carbocycles. The van der Waals surface area contributed by atoms with Crippen molar-refractivity contribution >= 4 is 41.1 Å². The highest BCUT2D eigenvalue weighted by molar-refractivity contribution is 5.92. The first kappa shape index (κ1) is 38.9. The molecule has 304 valence electrons. The molecule has 1 N–H and O–H groups in total. The summed E-state index contributed by atoms with van der Waals surface area (Å²) in [5.74, 6) is 1.03. The van der Waals surface area contributed by atoms with Gasteiger partial charge < -0.3 is 34.2 Å². The average molecular weight is 790 g/mol. The smallest absolute Gasteiger partial charge is 0.415 e. The lowest BCUT2D eigenvalue weighted by Crippen LogP contribution is -2.64. The number of pyridine rings is 1. The lowest BCUT2D eigenvalue weighted by atomic mass is 10.0. The molecule has 0 aliphatic carbocycles. The van der Waals surface area contributed by atoms with Crippen LogP contribution in [0.15, 0.2) is 67.0 Å². The number of amides is 3. The number of carbonyl (C=O) groups excluding carboxylic acids is 3. The SMILES string of the molecule is Cc1c(N2CCc3cnc(Nc4ccc(CC(=O)N5CCN(C6CN(C(=O)OCc7ccccc7)C6)CC5)cc4)nc3C2)cnc2c1N(C(=O)OC(C)(C)C)CCO2. The summed E-state index contributed by atoms with van der Waals surface area (Å²) in [6, 6.07) is 17.8. The maximum Gasteiger partial charge on any atom is 0.415 e.